The number of benzene rings is 1. The summed E-state index contributed by atoms with van der Waals surface area (Å²) in [5.74, 6) is 1.77. The van der Waals surface area contributed by atoms with Crippen LogP contribution in [0.15, 0.2) is 34.9 Å². The number of carbonyl (C=O) groups is 1. The van der Waals surface area contributed by atoms with Crippen LogP contribution in [0.1, 0.15) is 43.1 Å². The van der Waals surface area contributed by atoms with Gasteiger partial charge in [-0.05, 0) is 37.8 Å². The van der Waals surface area contributed by atoms with Gasteiger partial charge in [0.2, 0.25) is 11.8 Å². The second-order valence-corrected chi connectivity index (χ2v) is 6.07. The van der Waals surface area contributed by atoms with Crippen LogP contribution >= 0.6 is 12.4 Å². The van der Waals surface area contributed by atoms with Crippen LogP contribution in [0.2, 0.25) is 0 Å². The summed E-state index contributed by atoms with van der Waals surface area (Å²) in [4.78, 5) is 16.2. The first-order chi connectivity index (χ1) is 11.2. The fraction of sp³-hybridized carbons (Fsp3) is 0.471. The molecule has 1 aromatic carbocycles. The molecule has 0 saturated heterocycles. The van der Waals surface area contributed by atoms with Gasteiger partial charge in [0.05, 0.1) is 6.54 Å². The maximum Gasteiger partial charge on any atom is 0.248 e. The number of amides is 1. The summed E-state index contributed by atoms with van der Waals surface area (Å²) >= 11 is 0. The zero-order chi connectivity index (χ0) is 16.1. The fourth-order valence-electron chi connectivity index (χ4n) is 2.36. The molecule has 2 N–H and O–H groups in total. The average Bonchev–Trinajstić information content (AvgIpc) is 3.25. The van der Waals surface area contributed by atoms with Crippen LogP contribution < -0.4 is 10.6 Å². The number of rotatable bonds is 8. The topological polar surface area (TPSA) is 80.0 Å². The summed E-state index contributed by atoms with van der Waals surface area (Å²) in [6.45, 7) is 3.09. The lowest BCUT2D eigenvalue weighted by atomic mass is 10.1. The van der Waals surface area contributed by atoms with Gasteiger partial charge in [-0.2, -0.15) is 4.98 Å². The van der Waals surface area contributed by atoms with E-state index in [0.29, 0.717) is 24.7 Å². The Kier molecular flexibility index (Phi) is 6.75. The summed E-state index contributed by atoms with van der Waals surface area (Å²) in [5.41, 5.74) is 1.13. The minimum atomic E-state index is -0.290. The third kappa shape index (κ3) is 5.62. The summed E-state index contributed by atoms with van der Waals surface area (Å²) < 4.78 is 5.26. The lowest BCUT2D eigenvalue weighted by Crippen LogP contribution is -2.36. The predicted octanol–water partition coefficient (Wildman–Crippen LogP) is 2.26. The number of hydrogen-bond donors (Lipinski definition) is 2. The first kappa shape index (κ1) is 18.4. The van der Waals surface area contributed by atoms with E-state index in [2.05, 4.69) is 20.8 Å². The molecule has 1 heterocycles. The van der Waals surface area contributed by atoms with Crippen molar-refractivity contribution in [1.29, 1.82) is 0 Å². The highest BCUT2D eigenvalue weighted by Gasteiger charge is 2.21. The standard InChI is InChI=1S/C17H22N4O2.ClH/c1-12(19-16(22)11-18-10-14-7-8-14)17-20-15(21-23-17)9-13-5-3-2-4-6-13;/h2-6,12,14,18H,7-11H2,1H3,(H,19,22);1H. The smallest absolute Gasteiger partial charge is 0.248 e. The zero-order valence-electron chi connectivity index (χ0n) is 13.7. The zero-order valence-corrected chi connectivity index (χ0v) is 14.5. The number of carbonyl (C=O) groups excluding carboxylic acids is 1. The van der Waals surface area contributed by atoms with Crippen LogP contribution in [0.4, 0.5) is 0 Å². The quantitative estimate of drug-likeness (QED) is 0.763. The number of nitrogens with zero attached hydrogens (tertiary/aromatic N) is 2. The van der Waals surface area contributed by atoms with Crippen molar-refractivity contribution in [3.63, 3.8) is 0 Å². The van der Waals surface area contributed by atoms with Crippen molar-refractivity contribution in [3.05, 3.63) is 47.6 Å². The molecule has 1 aliphatic rings. The second-order valence-electron chi connectivity index (χ2n) is 6.07. The van der Waals surface area contributed by atoms with Gasteiger partial charge in [0.1, 0.15) is 6.04 Å². The van der Waals surface area contributed by atoms with Gasteiger partial charge >= 0.3 is 0 Å². The van der Waals surface area contributed by atoms with Gasteiger partial charge in [-0.25, -0.2) is 0 Å². The predicted molar refractivity (Wildman–Crippen MR) is 92.9 cm³/mol. The van der Waals surface area contributed by atoms with Crippen LogP contribution in [-0.2, 0) is 11.2 Å². The molecule has 0 bridgehead atoms. The van der Waals surface area contributed by atoms with Gasteiger partial charge in [-0.3, -0.25) is 4.79 Å². The van der Waals surface area contributed by atoms with Gasteiger partial charge in [0.15, 0.2) is 5.82 Å². The minimum absolute atomic E-state index is 0. The van der Waals surface area contributed by atoms with Crippen molar-refractivity contribution in [1.82, 2.24) is 20.8 Å². The molecule has 1 atom stereocenters. The third-order valence-electron chi connectivity index (χ3n) is 3.85. The van der Waals surface area contributed by atoms with E-state index in [9.17, 15) is 4.79 Å². The van der Waals surface area contributed by atoms with Crippen molar-refractivity contribution >= 4 is 18.3 Å². The van der Waals surface area contributed by atoms with E-state index in [-0.39, 0.29) is 24.4 Å². The Hall–Kier alpha value is -1.92. The Labute approximate surface area is 147 Å². The Balaban J connectivity index is 0.00000208. The molecule has 24 heavy (non-hydrogen) atoms. The van der Waals surface area contributed by atoms with Gasteiger partial charge < -0.3 is 15.2 Å². The van der Waals surface area contributed by atoms with Crippen LogP contribution in [0, 0.1) is 5.92 Å². The summed E-state index contributed by atoms with van der Waals surface area (Å²) in [6, 6.07) is 9.68. The fourth-order valence-corrected chi connectivity index (χ4v) is 2.36. The number of nitrogens with one attached hydrogen (secondary N) is 2. The molecule has 6 nitrogen and oxygen atoms in total. The Morgan fingerprint density at radius 2 is 2.08 bits per heavy atom. The molecule has 0 radical (unpaired) electrons. The van der Waals surface area contributed by atoms with Gasteiger partial charge in [-0.15, -0.1) is 12.4 Å². The van der Waals surface area contributed by atoms with Crippen LogP contribution in [-0.4, -0.2) is 29.1 Å². The van der Waals surface area contributed by atoms with E-state index < -0.39 is 0 Å². The summed E-state index contributed by atoms with van der Waals surface area (Å²) in [6.07, 6.45) is 3.17. The maximum absolute atomic E-state index is 11.9. The molecule has 2 aromatic rings. The molecule has 1 amide bonds. The molecule has 0 spiro atoms. The first-order valence-electron chi connectivity index (χ1n) is 8.07. The van der Waals surface area contributed by atoms with Crippen molar-refractivity contribution < 1.29 is 9.32 Å². The second kappa shape index (κ2) is 8.80. The Bertz CT molecular complexity index is 643. The van der Waals surface area contributed by atoms with E-state index in [1.54, 1.807) is 0 Å². The van der Waals surface area contributed by atoms with Crippen molar-refractivity contribution in [2.24, 2.45) is 5.92 Å². The van der Waals surface area contributed by atoms with Gasteiger partial charge in [-0.1, -0.05) is 35.5 Å². The minimum Gasteiger partial charge on any atom is -0.343 e. The largest absolute Gasteiger partial charge is 0.343 e. The monoisotopic (exact) mass is 350 g/mol. The van der Waals surface area contributed by atoms with E-state index in [1.165, 1.54) is 12.8 Å². The summed E-state index contributed by atoms with van der Waals surface area (Å²) in [7, 11) is 0. The highest BCUT2D eigenvalue weighted by molar-refractivity contribution is 5.85. The van der Waals surface area contributed by atoms with Crippen molar-refractivity contribution in [2.45, 2.75) is 32.2 Å². The Morgan fingerprint density at radius 1 is 1.33 bits per heavy atom. The number of hydrogen-bond acceptors (Lipinski definition) is 5. The molecule has 3 rings (SSSR count). The van der Waals surface area contributed by atoms with Crippen LogP contribution in [0.3, 0.4) is 0 Å². The van der Waals surface area contributed by atoms with Gasteiger partial charge in [0.25, 0.3) is 0 Å². The number of aromatic nitrogens is 2. The van der Waals surface area contributed by atoms with Crippen LogP contribution in [0.5, 0.6) is 0 Å². The molecule has 1 unspecified atom stereocenters. The van der Waals surface area contributed by atoms with E-state index in [0.717, 1.165) is 18.0 Å². The molecule has 1 fully saturated rings. The molecule has 7 heteroatoms. The molecule has 1 aromatic heterocycles. The van der Waals surface area contributed by atoms with Crippen molar-refractivity contribution in [3.8, 4) is 0 Å². The lowest BCUT2D eigenvalue weighted by Gasteiger charge is -2.10. The highest BCUT2D eigenvalue weighted by atomic mass is 35.5. The van der Waals surface area contributed by atoms with Crippen LogP contribution in [0.25, 0.3) is 0 Å². The Morgan fingerprint density at radius 3 is 2.79 bits per heavy atom. The number of halogens is 1. The van der Waals surface area contributed by atoms with Crippen molar-refractivity contribution in [2.75, 3.05) is 13.1 Å². The van der Waals surface area contributed by atoms with E-state index in [1.807, 2.05) is 37.3 Å². The SMILES string of the molecule is CC(NC(=O)CNCC1CC1)c1nc(Cc2ccccc2)no1.Cl. The molecular weight excluding hydrogens is 328 g/mol. The van der Waals surface area contributed by atoms with E-state index >= 15 is 0 Å². The third-order valence-corrected chi connectivity index (χ3v) is 3.85. The molecular formula is C17H23ClN4O2. The maximum atomic E-state index is 11.9. The molecule has 1 aliphatic carbocycles. The first-order valence-corrected chi connectivity index (χ1v) is 8.07. The molecule has 130 valence electrons. The highest BCUT2D eigenvalue weighted by Crippen LogP contribution is 2.27. The molecule has 0 aliphatic heterocycles. The molecule has 1 saturated carbocycles. The van der Waals surface area contributed by atoms with E-state index in [4.69, 9.17) is 4.52 Å². The van der Waals surface area contributed by atoms with Gasteiger partial charge in [0, 0.05) is 6.42 Å². The normalized spacial score (nSPS) is 14.7. The lowest BCUT2D eigenvalue weighted by molar-refractivity contribution is -0.121. The average molecular weight is 351 g/mol. The summed E-state index contributed by atoms with van der Waals surface area (Å²) in [5, 5.41) is 10.0.